The second-order valence-corrected chi connectivity index (χ2v) is 3.47. The summed E-state index contributed by atoms with van der Waals surface area (Å²) >= 11 is 0. The van der Waals surface area contributed by atoms with E-state index in [1.807, 2.05) is 0 Å². The lowest BCUT2D eigenvalue weighted by molar-refractivity contribution is 0.0942. The van der Waals surface area contributed by atoms with E-state index in [0.29, 0.717) is 6.54 Å². The van der Waals surface area contributed by atoms with Gasteiger partial charge >= 0.3 is 0 Å². The topological polar surface area (TPSA) is 73.9 Å². The Hall–Kier alpha value is -1.43. The number of carbonyl (C=O) groups excluding carboxylic acids is 1. The predicted octanol–water partition coefficient (Wildman–Crippen LogP) is 0.266. The molecule has 0 bridgehead atoms. The molecular weight excluding hydrogens is 206 g/mol. The largest absolute Gasteiger partial charge is 0.349 e. The maximum Gasteiger partial charge on any atom is 0.288 e. The molecule has 1 heterocycles. The maximum atomic E-state index is 11.4. The Bertz CT molecular complexity index is 294. The van der Waals surface area contributed by atoms with E-state index in [0.717, 1.165) is 26.1 Å². The van der Waals surface area contributed by atoms with Gasteiger partial charge in [-0.3, -0.25) is 9.89 Å². The average molecular weight is 225 g/mol. The fraction of sp³-hybridized carbons (Fsp3) is 0.700. The van der Waals surface area contributed by atoms with Crippen LogP contribution in [0.3, 0.4) is 0 Å². The van der Waals surface area contributed by atoms with E-state index >= 15 is 0 Å². The van der Waals surface area contributed by atoms with Crippen LogP contribution in [0.25, 0.3) is 0 Å². The summed E-state index contributed by atoms with van der Waals surface area (Å²) in [6, 6.07) is 0. The molecule has 0 saturated heterocycles. The highest BCUT2D eigenvalue weighted by atomic mass is 16.2. The van der Waals surface area contributed by atoms with Gasteiger partial charge in [-0.15, -0.1) is 0 Å². The van der Waals surface area contributed by atoms with Crippen molar-refractivity contribution in [3.05, 3.63) is 12.2 Å². The van der Waals surface area contributed by atoms with Crippen molar-refractivity contribution in [1.82, 2.24) is 25.4 Å². The second kappa shape index (κ2) is 6.95. The van der Waals surface area contributed by atoms with Gasteiger partial charge in [0.2, 0.25) is 5.82 Å². The van der Waals surface area contributed by atoms with E-state index in [1.54, 1.807) is 0 Å². The molecule has 0 aliphatic rings. The first-order chi connectivity index (χ1) is 7.77. The quantitative estimate of drug-likeness (QED) is 0.653. The fourth-order valence-electron chi connectivity index (χ4n) is 1.44. The van der Waals surface area contributed by atoms with E-state index in [1.165, 1.54) is 6.33 Å². The third-order valence-electron chi connectivity index (χ3n) is 2.46. The average Bonchev–Trinajstić information content (AvgIpc) is 2.82. The lowest BCUT2D eigenvalue weighted by atomic mass is 10.3. The number of nitrogens with one attached hydrogen (secondary N) is 2. The zero-order valence-corrected chi connectivity index (χ0v) is 9.86. The van der Waals surface area contributed by atoms with Crippen molar-refractivity contribution in [2.24, 2.45) is 0 Å². The summed E-state index contributed by atoms with van der Waals surface area (Å²) in [5.41, 5.74) is 0. The molecule has 90 valence electrons. The van der Waals surface area contributed by atoms with Gasteiger partial charge in [-0.25, -0.2) is 4.98 Å². The summed E-state index contributed by atoms with van der Waals surface area (Å²) in [5, 5.41) is 8.94. The van der Waals surface area contributed by atoms with Crippen molar-refractivity contribution in [2.45, 2.75) is 20.3 Å². The number of nitrogens with zero attached hydrogens (tertiary/aromatic N) is 3. The Kier molecular flexibility index (Phi) is 5.49. The molecule has 0 aliphatic carbocycles. The minimum atomic E-state index is -0.197. The molecule has 0 radical (unpaired) electrons. The van der Waals surface area contributed by atoms with Crippen LogP contribution in [0.5, 0.6) is 0 Å². The van der Waals surface area contributed by atoms with Gasteiger partial charge in [0.25, 0.3) is 5.91 Å². The van der Waals surface area contributed by atoms with Gasteiger partial charge in [-0.1, -0.05) is 13.8 Å². The second-order valence-electron chi connectivity index (χ2n) is 3.47. The minimum absolute atomic E-state index is 0.197. The lowest BCUT2D eigenvalue weighted by Gasteiger charge is -2.17. The first-order valence-electron chi connectivity index (χ1n) is 5.63. The summed E-state index contributed by atoms with van der Waals surface area (Å²) in [7, 11) is 0. The molecular formula is C10H19N5O. The molecule has 1 aromatic rings. The van der Waals surface area contributed by atoms with Gasteiger partial charge in [0.05, 0.1) is 0 Å². The number of amides is 1. The van der Waals surface area contributed by atoms with Gasteiger partial charge in [0.15, 0.2) is 0 Å². The van der Waals surface area contributed by atoms with Gasteiger partial charge in [-0.2, -0.15) is 5.10 Å². The molecule has 6 heteroatoms. The first-order valence-corrected chi connectivity index (χ1v) is 5.63. The standard InChI is InChI=1S/C10H19N5O/c1-3-15(4-2)7-5-6-11-10(16)9-12-8-13-14-9/h8H,3-7H2,1-2H3,(H,11,16)(H,12,13,14). The lowest BCUT2D eigenvalue weighted by Crippen LogP contribution is -2.30. The highest BCUT2D eigenvalue weighted by Gasteiger charge is 2.07. The fourth-order valence-corrected chi connectivity index (χ4v) is 1.44. The van der Waals surface area contributed by atoms with Crippen molar-refractivity contribution < 1.29 is 4.79 Å². The van der Waals surface area contributed by atoms with Crippen LogP contribution in [-0.2, 0) is 0 Å². The summed E-state index contributed by atoms with van der Waals surface area (Å²) in [5.74, 6) is 0.0693. The Morgan fingerprint density at radius 1 is 1.50 bits per heavy atom. The molecule has 6 nitrogen and oxygen atoms in total. The van der Waals surface area contributed by atoms with Gasteiger partial charge < -0.3 is 10.2 Å². The molecule has 0 aromatic carbocycles. The van der Waals surface area contributed by atoms with Gasteiger partial charge in [0, 0.05) is 6.54 Å². The number of hydrogen-bond donors (Lipinski definition) is 2. The van der Waals surface area contributed by atoms with Crippen molar-refractivity contribution in [1.29, 1.82) is 0 Å². The van der Waals surface area contributed by atoms with Crippen LogP contribution in [-0.4, -0.2) is 52.2 Å². The van der Waals surface area contributed by atoms with E-state index < -0.39 is 0 Å². The van der Waals surface area contributed by atoms with Crippen LogP contribution in [0.15, 0.2) is 6.33 Å². The molecule has 0 unspecified atom stereocenters. The minimum Gasteiger partial charge on any atom is -0.349 e. The molecule has 1 aromatic heterocycles. The number of H-pyrrole nitrogens is 1. The van der Waals surface area contributed by atoms with Gasteiger partial charge in [-0.05, 0) is 26.1 Å². The smallest absolute Gasteiger partial charge is 0.288 e. The Labute approximate surface area is 95.4 Å². The summed E-state index contributed by atoms with van der Waals surface area (Å²) < 4.78 is 0. The Morgan fingerprint density at radius 3 is 2.81 bits per heavy atom. The highest BCUT2D eigenvalue weighted by Crippen LogP contribution is 1.90. The first kappa shape index (κ1) is 12.6. The Morgan fingerprint density at radius 2 is 2.25 bits per heavy atom. The molecule has 0 saturated carbocycles. The molecule has 2 N–H and O–H groups in total. The van der Waals surface area contributed by atoms with Crippen molar-refractivity contribution in [3.8, 4) is 0 Å². The van der Waals surface area contributed by atoms with Crippen LogP contribution in [0.1, 0.15) is 30.9 Å². The normalized spacial score (nSPS) is 10.7. The predicted molar refractivity (Wildman–Crippen MR) is 61.1 cm³/mol. The maximum absolute atomic E-state index is 11.4. The number of aromatic nitrogens is 3. The summed E-state index contributed by atoms with van der Waals surface area (Å²) in [6.45, 7) is 8.03. The van der Waals surface area contributed by atoms with Crippen LogP contribution in [0.2, 0.25) is 0 Å². The monoisotopic (exact) mass is 225 g/mol. The van der Waals surface area contributed by atoms with E-state index in [2.05, 4.69) is 39.2 Å². The Balaban J connectivity index is 2.14. The number of hydrogen-bond acceptors (Lipinski definition) is 4. The van der Waals surface area contributed by atoms with Crippen molar-refractivity contribution in [3.63, 3.8) is 0 Å². The molecule has 1 amide bonds. The number of rotatable bonds is 7. The van der Waals surface area contributed by atoms with Crippen LogP contribution in [0.4, 0.5) is 0 Å². The van der Waals surface area contributed by atoms with Crippen LogP contribution in [0, 0.1) is 0 Å². The molecule has 0 fully saturated rings. The zero-order valence-electron chi connectivity index (χ0n) is 9.86. The molecule has 16 heavy (non-hydrogen) atoms. The summed E-state index contributed by atoms with van der Waals surface area (Å²) in [6.07, 6.45) is 2.27. The zero-order chi connectivity index (χ0) is 11.8. The van der Waals surface area contributed by atoms with Crippen molar-refractivity contribution in [2.75, 3.05) is 26.2 Å². The third-order valence-corrected chi connectivity index (χ3v) is 2.46. The molecule has 0 spiro atoms. The number of carbonyl (C=O) groups is 1. The molecule has 1 rings (SSSR count). The van der Waals surface area contributed by atoms with Crippen LogP contribution < -0.4 is 5.32 Å². The summed E-state index contributed by atoms with van der Waals surface area (Å²) in [4.78, 5) is 17.5. The third kappa shape index (κ3) is 3.98. The van der Waals surface area contributed by atoms with Crippen LogP contribution >= 0.6 is 0 Å². The number of aromatic amines is 1. The molecule has 0 atom stereocenters. The molecule has 0 aliphatic heterocycles. The van der Waals surface area contributed by atoms with E-state index in [9.17, 15) is 4.79 Å². The van der Waals surface area contributed by atoms with E-state index in [-0.39, 0.29) is 11.7 Å². The van der Waals surface area contributed by atoms with Crippen molar-refractivity contribution >= 4 is 5.91 Å². The highest BCUT2D eigenvalue weighted by molar-refractivity contribution is 5.90. The van der Waals surface area contributed by atoms with E-state index in [4.69, 9.17) is 0 Å². The van der Waals surface area contributed by atoms with Gasteiger partial charge in [0.1, 0.15) is 6.33 Å². The SMILES string of the molecule is CCN(CC)CCCNC(=O)c1ncn[nH]1.